The maximum Gasteiger partial charge on any atom is 0.0839 e. The van der Waals surface area contributed by atoms with Gasteiger partial charge in [-0.05, 0) is 25.2 Å². The molecule has 102 valence electrons. The highest BCUT2D eigenvalue weighted by molar-refractivity contribution is 4.91. The molecule has 3 heteroatoms. The van der Waals surface area contributed by atoms with E-state index in [1.807, 2.05) is 7.11 Å². The Labute approximate surface area is 106 Å². The van der Waals surface area contributed by atoms with Crippen LogP contribution >= 0.6 is 0 Å². The Morgan fingerprint density at radius 1 is 1.24 bits per heavy atom. The van der Waals surface area contributed by atoms with Crippen molar-refractivity contribution in [3.63, 3.8) is 0 Å². The van der Waals surface area contributed by atoms with Crippen molar-refractivity contribution in [2.24, 2.45) is 11.8 Å². The fourth-order valence-electron chi connectivity index (χ4n) is 3.36. The summed E-state index contributed by atoms with van der Waals surface area (Å²) >= 11 is 0. The zero-order valence-corrected chi connectivity index (χ0v) is 11.8. The molecule has 3 N–H and O–H groups in total. The van der Waals surface area contributed by atoms with Crippen molar-refractivity contribution in [3.8, 4) is 0 Å². The third kappa shape index (κ3) is 3.67. The Morgan fingerprint density at radius 2 is 1.82 bits per heavy atom. The van der Waals surface area contributed by atoms with E-state index in [4.69, 9.17) is 10.6 Å². The van der Waals surface area contributed by atoms with Crippen LogP contribution in [0.15, 0.2) is 0 Å². The number of nitrogens with two attached hydrogens (primary N) is 1. The molecule has 0 aromatic carbocycles. The van der Waals surface area contributed by atoms with E-state index >= 15 is 0 Å². The van der Waals surface area contributed by atoms with Gasteiger partial charge in [-0.15, -0.1) is 0 Å². The summed E-state index contributed by atoms with van der Waals surface area (Å²) in [5, 5.41) is 0. The summed E-state index contributed by atoms with van der Waals surface area (Å²) in [6, 6.07) is 0.283. The van der Waals surface area contributed by atoms with Crippen molar-refractivity contribution >= 4 is 0 Å². The van der Waals surface area contributed by atoms with E-state index in [1.165, 1.54) is 32.1 Å². The van der Waals surface area contributed by atoms with Gasteiger partial charge in [0.2, 0.25) is 0 Å². The molecule has 1 atom stereocenters. The lowest BCUT2D eigenvalue weighted by atomic mass is 9.78. The lowest BCUT2D eigenvalue weighted by Crippen LogP contribution is -2.54. The van der Waals surface area contributed by atoms with E-state index in [-0.39, 0.29) is 11.6 Å². The van der Waals surface area contributed by atoms with Crippen LogP contribution < -0.4 is 11.3 Å². The van der Waals surface area contributed by atoms with E-state index in [9.17, 15) is 0 Å². The molecule has 1 aliphatic rings. The molecule has 1 aliphatic carbocycles. The number of hydrazine groups is 1. The van der Waals surface area contributed by atoms with Crippen molar-refractivity contribution in [3.05, 3.63) is 0 Å². The normalized spacial score (nSPS) is 20.5. The van der Waals surface area contributed by atoms with Gasteiger partial charge in [-0.1, -0.05) is 46.0 Å². The minimum absolute atomic E-state index is 0.0911. The zero-order chi connectivity index (χ0) is 12.7. The summed E-state index contributed by atoms with van der Waals surface area (Å²) in [5.74, 6) is 6.60. The molecule has 0 aromatic heterocycles. The fourth-order valence-corrected chi connectivity index (χ4v) is 3.36. The lowest BCUT2D eigenvalue weighted by molar-refractivity contribution is -0.0542. The van der Waals surface area contributed by atoms with Crippen molar-refractivity contribution < 1.29 is 4.74 Å². The van der Waals surface area contributed by atoms with Crippen molar-refractivity contribution in [1.82, 2.24) is 5.43 Å². The molecule has 1 rings (SSSR count). The fraction of sp³-hybridized carbons (Fsp3) is 1.00. The number of hydrogen-bond acceptors (Lipinski definition) is 3. The first-order valence-corrected chi connectivity index (χ1v) is 7.23. The summed E-state index contributed by atoms with van der Waals surface area (Å²) in [6.45, 7) is 4.39. The first-order valence-electron chi connectivity index (χ1n) is 7.23. The van der Waals surface area contributed by atoms with E-state index in [1.54, 1.807) is 0 Å². The first-order chi connectivity index (χ1) is 8.22. The highest BCUT2D eigenvalue weighted by atomic mass is 16.5. The quantitative estimate of drug-likeness (QED) is 0.533. The molecule has 0 heterocycles. The molecule has 0 amide bonds. The van der Waals surface area contributed by atoms with Gasteiger partial charge < -0.3 is 4.74 Å². The third-order valence-corrected chi connectivity index (χ3v) is 4.73. The molecule has 3 nitrogen and oxygen atoms in total. The van der Waals surface area contributed by atoms with Gasteiger partial charge in [-0.2, -0.15) is 0 Å². The molecule has 0 bridgehead atoms. The molecule has 0 aliphatic heterocycles. The summed E-state index contributed by atoms with van der Waals surface area (Å²) in [7, 11) is 1.82. The standard InChI is InChI=1S/C14H30N2O/c1-4-14(5-2,17-3)13(16-15)11-12-9-7-6-8-10-12/h12-13,16H,4-11,15H2,1-3H3. The Morgan fingerprint density at radius 3 is 2.24 bits per heavy atom. The number of methoxy groups -OCH3 is 1. The summed E-state index contributed by atoms with van der Waals surface area (Å²) in [6.07, 6.45) is 10.1. The molecule has 0 radical (unpaired) electrons. The largest absolute Gasteiger partial charge is 0.377 e. The van der Waals surface area contributed by atoms with Crippen LogP contribution in [0, 0.1) is 5.92 Å². The number of ether oxygens (including phenoxy) is 1. The van der Waals surface area contributed by atoms with Crippen LogP contribution in [0.25, 0.3) is 0 Å². The van der Waals surface area contributed by atoms with Crippen molar-refractivity contribution in [2.75, 3.05) is 7.11 Å². The Bertz CT molecular complexity index is 190. The molecule has 17 heavy (non-hydrogen) atoms. The predicted octanol–water partition coefficient (Wildman–Crippen LogP) is 2.99. The van der Waals surface area contributed by atoms with Gasteiger partial charge in [0.1, 0.15) is 0 Å². The van der Waals surface area contributed by atoms with Crippen LogP contribution in [0.1, 0.15) is 65.2 Å². The number of rotatable bonds is 7. The Balaban J connectivity index is 2.61. The minimum atomic E-state index is -0.0911. The number of hydrogen-bond donors (Lipinski definition) is 2. The van der Waals surface area contributed by atoms with E-state index in [0.717, 1.165) is 25.2 Å². The van der Waals surface area contributed by atoms with Crippen LogP contribution in [0.2, 0.25) is 0 Å². The summed E-state index contributed by atoms with van der Waals surface area (Å²) in [5.41, 5.74) is 2.93. The lowest BCUT2D eigenvalue weighted by Gasteiger charge is -2.40. The number of nitrogens with one attached hydrogen (secondary N) is 1. The smallest absolute Gasteiger partial charge is 0.0839 e. The molecule has 0 saturated heterocycles. The van der Waals surface area contributed by atoms with Gasteiger partial charge in [0, 0.05) is 7.11 Å². The van der Waals surface area contributed by atoms with Crippen molar-refractivity contribution in [2.45, 2.75) is 76.9 Å². The van der Waals surface area contributed by atoms with Gasteiger partial charge in [-0.25, -0.2) is 0 Å². The minimum Gasteiger partial charge on any atom is -0.377 e. The second-order valence-electron chi connectivity index (χ2n) is 5.43. The Hall–Kier alpha value is -0.120. The van der Waals surface area contributed by atoms with E-state index in [2.05, 4.69) is 19.3 Å². The SMILES string of the molecule is CCC(CC)(OC)C(CC1CCCCC1)NN. The third-order valence-electron chi connectivity index (χ3n) is 4.73. The van der Waals surface area contributed by atoms with Gasteiger partial charge in [-0.3, -0.25) is 11.3 Å². The highest BCUT2D eigenvalue weighted by Crippen LogP contribution is 2.33. The van der Waals surface area contributed by atoms with E-state index in [0.29, 0.717) is 0 Å². The molecule has 0 aromatic rings. The average molecular weight is 242 g/mol. The molecular formula is C14H30N2O. The monoisotopic (exact) mass is 242 g/mol. The van der Waals surface area contributed by atoms with Crippen LogP contribution in [0.3, 0.4) is 0 Å². The second kappa shape index (κ2) is 7.34. The van der Waals surface area contributed by atoms with E-state index < -0.39 is 0 Å². The van der Waals surface area contributed by atoms with Crippen LogP contribution in [0.5, 0.6) is 0 Å². The van der Waals surface area contributed by atoms with Crippen LogP contribution in [-0.2, 0) is 4.74 Å². The van der Waals surface area contributed by atoms with Crippen molar-refractivity contribution in [1.29, 1.82) is 0 Å². The maximum atomic E-state index is 5.79. The maximum absolute atomic E-state index is 5.79. The van der Waals surface area contributed by atoms with Crippen LogP contribution in [-0.4, -0.2) is 18.8 Å². The highest BCUT2D eigenvalue weighted by Gasteiger charge is 2.36. The van der Waals surface area contributed by atoms with Gasteiger partial charge in [0.25, 0.3) is 0 Å². The topological polar surface area (TPSA) is 47.3 Å². The molecular weight excluding hydrogens is 212 g/mol. The average Bonchev–Trinajstić information content (AvgIpc) is 2.41. The molecule has 1 saturated carbocycles. The summed E-state index contributed by atoms with van der Waals surface area (Å²) < 4.78 is 5.79. The van der Waals surface area contributed by atoms with Gasteiger partial charge in [0.15, 0.2) is 0 Å². The molecule has 1 fully saturated rings. The van der Waals surface area contributed by atoms with Gasteiger partial charge in [0.05, 0.1) is 11.6 Å². The summed E-state index contributed by atoms with van der Waals surface area (Å²) in [4.78, 5) is 0. The molecule has 0 spiro atoms. The predicted molar refractivity (Wildman–Crippen MR) is 72.6 cm³/mol. The zero-order valence-electron chi connectivity index (χ0n) is 11.8. The van der Waals surface area contributed by atoms with Crippen LogP contribution in [0.4, 0.5) is 0 Å². The molecule has 1 unspecified atom stereocenters. The van der Waals surface area contributed by atoms with Gasteiger partial charge >= 0.3 is 0 Å². The Kier molecular flexibility index (Phi) is 6.45. The first kappa shape index (κ1) is 14.9. The second-order valence-corrected chi connectivity index (χ2v) is 5.43.